The third kappa shape index (κ3) is 7.85. The Morgan fingerprint density at radius 3 is 2.15 bits per heavy atom. The van der Waals surface area contributed by atoms with Gasteiger partial charge in [-0.2, -0.15) is 0 Å². The van der Waals surface area contributed by atoms with Gasteiger partial charge in [-0.15, -0.1) is 0 Å². The fraction of sp³-hybridized carbons (Fsp3) is 0.355. The second-order valence-electron chi connectivity index (χ2n) is 9.39. The van der Waals surface area contributed by atoms with Gasteiger partial charge in [0, 0.05) is 13.1 Å². The minimum atomic E-state index is -4.15. The summed E-state index contributed by atoms with van der Waals surface area (Å²) in [7, 11) is -2.70. The SMILES string of the molecule is CCCCNC(=O)[C@H](CC)N(CCc1ccccc1)C(=O)CN(c1ccccc1OC)S(=O)(=O)c1ccccc1. The number of amides is 2. The molecule has 0 radical (unpaired) electrons. The Bertz CT molecular complexity index is 1330. The van der Waals surface area contributed by atoms with Crippen LogP contribution >= 0.6 is 0 Å². The lowest BCUT2D eigenvalue weighted by Crippen LogP contribution is -2.53. The molecule has 40 heavy (non-hydrogen) atoms. The summed E-state index contributed by atoms with van der Waals surface area (Å²) in [6.07, 6.45) is 2.67. The van der Waals surface area contributed by atoms with Gasteiger partial charge in [-0.25, -0.2) is 8.42 Å². The Morgan fingerprint density at radius 2 is 1.52 bits per heavy atom. The lowest BCUT2D eigenvalue weighted by atomic mass is 10.1. The van der Waals surface area contributed by atoms with Gasteiger partial charge in [0.2, 0.25) is 11.8 Å². The third-order valence-electron chi connectivity index (χ3n) is 6.66. The van der Waals surface area contributed by atoms with Crippen LogP contribution in [0.2, 0.25) is 0 Å². The van der Waals surface area contributed by atoms with E-state index in [0.29, 0.717) is 25.1 Å². The average Bonchev–Trinajstić information content (AvgIpc) is 2.98. The molecule has 0 aromatic heterocycles. The van der Waals surface area contributed by atoms with E-state index >= 15 is 0 Å². The van der Waals surface area contributed by atoms with E-state index in [0.717, 1.165) is 22.7 Å². The van der Waals surface area contributed by atoms with Gasteiger partial charge in [0.05, 0.1) is 17.7 Å². The molecular formula is C31H39N3O5S. The van der Waals surface area contributed by atoms with Gasteiger partial charge >= 0.3 is 0 Å². The van der Waals surface area contributed by atoms with Crippen LogP contribution in [-0.2, 0) is 26.0 Å². The van der Waals surface area contributed by atoms with E-state index in [1.54, 1.807) is 42.5 Å². The number of nitrogens with one attached hydrogen (secondary N) is 1. The first-order valence-electron chi connectivity index (χ1n) is 13.6. The summed E-state index contributed by atoms with van der Waals surface area (Å²) in [6.45, 7) is 4.17. The highest BCUT2D eigenvalue weighted by atomic mass is 32.2. The number of rotatable bonds is 15. The first kappa shape index (κ1) is 30.7. The molecule has 2 amide bonds. The van der Waals surface area contributed by atoms with Crippen molar-refractivity contribution in [3.63, 3.8) is 0 Å². The number of para-hydroxylation sites is 2. The molecule has 0 spiro atoms. The Kier molecular flexibility index (Phi) is 11.6. The summed E-state index contributed by atoms with van der Waals surface area (Å²) >= 11 is 0. The largest absolute Gasteiger partial charge is 0.495 e. The average molecular weight is 566 g/mol. The smallest absolute Gasteiger partial charge is 0.264 e. The second-order valence-corrected chi connectivity index (χ2v) is 11.3. The van der Waals surface area contributed by atoms with Crippen LogP contribution in [0.4, 0.5) is 5.69 Å². The normalized spacial score (nSPS) is 11.9. The van der Waals surface area contributed by atoms with Crippen molar-refractivity contribution in [1.82, 2.24) is 10.2 Å². The monoisotopic (exact) mass is 565 g/mol. The zero-order chi connectivity index (χ0) is 29.0. The van der Waals surface area contributed by atoms with Crippen molar-refractivity contribution < 1.29 is 22.7 Å². The molecule has 0 saturated carbocycles. The lowest BCUT2D eigenvalue weighted by molar-refractivity contribution is -0.139. The first-order chi connectivity index (χ1) is 19.3. The summed E-state index contributed by atoms with van der Waals surface area (Å²) in [4.78, 5) is 28.8. The quantitative estimate of drug-likeness (QED) is 0.271. The molecule has 8 nitrogen and oxygen atoms in total. The van der Waals surface area contributed by atoms with Crippen LogP contribution in [-0.4, -0.2) is 57.9 Å². The highest BCUT2D eigenvalue weighted by molar-refractivity contribution is 7.92. The fourth-order valence-electron chi connectivity index (χ4n) is 4.47. The number of anilines is 1. The number of sulfonamides is 1. The van der Waals surface area contributed by atoms with Crippen molar-refractivity contribution in [1.29, 1.82) is 0 Å². The van der Waals surface area contributed by atoms with Gasteiger partial charge in [-0.1, -0.05) is 80.9 Å². The van der Waals surface area contributed by atoms with Crippen LogP contribution in [0.5, 0.6) is 5.75 Å². The molecule has 214 valence electrons. The number of carbonyl (C=O) groups is 2. The van der Waals surface area contributed by atoms with Crippen LogP contribution in [0.1, 0.15) is 38.7 Å². The van der Waals surface area contributed by atoms with E-state index in [9.17, 15) is 18.0 Å². The molecule has 0 unspecified atom stereocenters. The molecule has 9 heteroatoms. The van der Waals surface area contributed by atoms with E-state index in [1.165, 1.54) is 24.1 Å². The van der Waals surface area contributed by atoms with Gasteiger partial charge in [-0.3, -0.25) is 13.9 Å². The van der Waals surface area contributed by atoms with Crippen LogP contribution in [0.3, 0.4) is 0 Å². The van der Waals surface area contributed by atoms with Crippen LogP contribution in [0.15, 0.2) is 89.8 Å². The predicted molar refractivity (Wildman–Crippen MR) is 158 cm³/mol. The van der Waals surface area contributed by atoms with Gasteiger partial charge in [0.25, 0.3) is 10.0 Å². The molecule has 3 aromatic rings. The number of carbonyl (C=O) groups excluding carboxylic acids is 2. The molecule has 3 rings (SSSR count). The van der Waals surface area contributed by atoms with Crippen LogP contribution in [0, 0.1) is 0 Å². The van der Waals surface area contributed by atoms with Crippen molar-refractivity contribution in [2.75, 3.05) is 31.0 Å². The number of ether oxygens (including phenoxy) is 1. The summed E-state index contributed by atoms with van der Waals surface area (Å²) in [5.41, 5.74) is 1.26. The van der Waals surface area contributed by atoms with Crippen LogP contribution in [0.25, 0.3) is 0 Å². The number of hydrogen-bond acceptors (Lipinski definition) is 5. The maximum absolute atomic E-state index is 14.1. The zero-order valence-electron chi connectivity index (χ0n) is 23.5. The number of benzene rings is 3. The van der Waals surface area contributed by atoms with Crippen molar-refractivity contribution in [3.05, 3.63) is 90.5 Å². The lowest BCUT2D eigenvalue weighted by Gasteiger charge is -2.33. The van der Waals surface area contributed by atoms with Crippen molar-refractivity contribution >= 4 is 27.5 Å². The Hall–Kier alpha value is -3.85. The van der Waals surface area contributed by atoms with Gasteiger partial charge in [-0.05, 0) is 49.1 Å². The summed E-state index contributed by atoms with van der Waals surface area (Å²) in [5, 5.41) is 2.94. The molecule has 3 aromatic carbocycles. The van der Waals surface area contributed by atoms with E-state index in [-0.39, 0.29) is 23.0 Å². The van der Waals surface area contributed by atoms with Crippen molar-refractivity contribution in [2.45, 2.75) is 50.5 Å². The second kappa shape index (κ2) is 15.1. The standard InChI is InChI=1S/C31H39N3O5S/c1-4-6-22-32-31(36)27(5-2)33(23-21-25-15-9-7-10-16-25)30(35)24-34(28-19-13-14-20-29(28)39-3)40(37,38)26-17-11-8-12-18-26/h7-20,27H,4-6,21-24H2,1-3H3,(H,32,36)/t27-/m0/s1. The fourth-order valence-corrected chi connectivity index (χ4v) is 5.92. The highest BCUT2D eigenvalue weighted by Gasteiger charge is 2.34. The van der Waals surface area contributed by atoms with Crippen molar-refractivity contribution in [3.8, 4) is 5.75 Å². The Labute approximate surface area is 238 Å². The molecule has 1 atom stereocenters. The van der Waals surface area contributed by atoms with E-state index in [1.807, 2.05) is 44.2 Å². The Balaban J connectivity index is 2.00. The minimum absolute atomic E-state index is 0.0499. The molecule has 0 fully saturated rings. The maximum atomic E-state index is 14.1. The molecular weight excluding hydrogens is 526 g/mol. The van der Waals surface area contributed by atoms with E-state index in [2.05, 4.69) is 5.32 Å². The maximum Gasteiger partial charge on any atom is 0.264 e. The summed E-state index contributed by atoms with van der Waals surface area (Å²) in [5.74, 6) is -0.402. The first-order valence-corrected chi connectivity index (χ1v) is 15.1. The summed E-state index contributed by atoms with van der Waals surface area (Å²) < 4.78 is 34.4. The topological polar surface area (TPSA) is 96.0 Å². The molecule has 1 N–H and O–H groups in total. The Morgan fingerprint density at radius 1 is 0.900 bits per heavy atom. The third-order valence-corrected chi connectivity index (χ3v) is 8.44. The number of methoxy groups -OCH3 is 1. The number of hydrogen-bond donors (Lipinski definition) is 1. The van der Waals surface area contributed by atoms with E-state index < -0.39 is 28.5 Å². The molecule has 0 aliphatic heterocycles. The number of unbranched alkanes of at least 4 members (excludes halogenated alkanes) is 1. The van der Waals surface area contributed by atoms with Gasteiger partial charge in [0.1, 0.15) is 18.3 Å². The van der Waals surface area contributed by atoms with Gasteiger partial charge < -0.3 is 15.0 Å². The predicted octanol–water partition coefficient (Wildman–Crippen LogP) is 4.66. The number of nitrogens with zero attached hydrogens (tertiary/aromatic N) is 2. The van der Waals surface area contributed by atoms with E-state index in [4.69, 9.17) is 4.74 Å². The molecule has 0 bridgehead atoms. The molecule has 0 aliphatic carbocycles. The summed E-state index contributed by atoms with van der Waals surface area (Å²) in [6, 6.07) is 23.6. The van der Waals surface area contributed by atoms with Crippen molar-refractivity contribution in [2.24, 2.45) is 0 Å². The minimum Gasteiger partial charge on any atom is -0.495 e. The van der Waals surface area contributed by atoms with Gasteiger partial charge in [0.15, 0.2) is 0 Å². The molecule has 0 heterocycles. The highest BCUT2D eigenvalue weighted by Crippen LogP contribution is 2.32. The molecule has 0 aliphatic rings. The molecule has 0 saturated heterocycles. The zero-order valence-corrected chi connectivity index (χ0v) is 24.3. The van der Waals surface area contributed by atoms with Crippen LogP contribution < -0.4 is 14.4 Å².